The summed E-state index contributed by atoms with van der Waals surface area (Å²) in [5.74, 6) is 1.01. The molecule has 3 aromatic heterocycles. The average Bonchev–Trinajstić information content (AvgIpc) is 3.26. The van der Waals surface area contributed by atoms with E-state index in [1.165, 1.54) is 10.4 Å². The fourth-order valence-electron chi connectivity index (χ4n) is 3.07. The Bertz CT molecular complexity index is 843. The zero-order chi connectivity index (χ0) is 15.8. The standard InChI is InChI=1S/C16H16N4OS2/c1-10(21)19-11-4-5-20(7-11)15-14-12(13-3-2-6-22-13)8-23-16(14)18-9-17-15/h2-3,6,8-9,11H,4-5,7H2,1H3,(H,19,21). The summed E-state index contributed by atoms with van der Waals surface area (Å²) < 4.78 is 0. The van der Waals surface area contributed by atoms with Crippen LogP contribution >= 0.6 is 22.7 Å². The minimum Gasteiger partial charge on any atom is -0.354 e. The lowest BCUT2D eigenvalue weighted by molar-refractivity contribution is -0.119. The van der Waals surface area contributed by atoms with E-state index >= 15 is 0 Å². The molecule has 5 nitrogen and oxygen atoms in total. The second kappa shape index (κ2) is 5.90. The van der Waals surface area contributed by atoms with E-state index in [0.29, 0.717) is 0 Å². The largest absolute Gasteiger partial charge is 0.354 e. The summed E-state index contributed by atoms with van der Waals surface area (Å²) in [7, 11) is 0. The van der Waals surface area contributed by atoms with Gasteiger partial charge >= 0.3 is 0 Å². The van der Waals surface area contributed by atoms with Crippen LogP contribution in [0.5, 0.6) is 0 Å². The first-order valence-corrected chi connectivity index (χ1v) is 9.26. The van der Waals surface area contributed by atoms with Gasteiger partial charge in [0.25, 0.3) is 0 Å². The van der Waals surface area contributed by atoms with Gasteiger partial charge in [0.1, 0.15) is 17.0 Å². The molecule has 1 aliphatic rings. The molecule has 1 unspecified atom stereocenters. The van der Waals surface area contributed by atoms with E-state index in [2.05, 4.69) is 43.1 Å². The van der Waals surface area contributed by atoms with E-state index in [1.807, 2.05) is 0 Å². The lowest BCUT2D eigenvalue weighted by Crippen LogP contribution is -2.35. The van der Waals surface area contributed by atoms with Gasteiger partial charge in [0, 0.05) is 41.9 Å². The summed E-state index contributed by atoms with van der Waals surface area (Å²) in [6, 6.07) is 4.39. The Hall–Kier alpha value is -1.99. The number of thiophene rings is 2. The van der Waals surface area contributed by atoms with Gasteiger partial charge in [-0.2, -0.15) is 0 Å². The van der Waals surface area contributed by atoms with Crippen LogP contribution in [-0.2, 0) is 4.79 Å². The number of carbonyl (C=O) groups is 1. The molecule has 4 rings (SSSR count). The molecular formula is C16H16N4OS2. The van der Waals surface area contributed by atoms with Crippen LogP contribution in [-0.4, -0.2) is 35.0 Å². The van der Waals surface area contributed by atoms with Crippen LogP contribution in [0.4, 0.5) is 5.82 Å². The Morgan fingerprint density at radius 1 is 1.39 bits per heavy atom. The van der Waals surface area contributed by atoms with Crippen LogP contribution in [0.1, 0.15) is 13.3 Å². The van der Waals surface area contributed by atoms with E-state index in [0.717, 1.165) is 35.5 Å². The first-order chi connectivity index (χ1) is 11.2. The zero-order valence-corrected chi connectivity index (χ0v) is 14.3. The lowest BCUT2D eigenvalue weighted by Gasteiger charge is -2.19. The van der Waals surface area contributed by atoms with Gasteiger partial charge in [0.05, 0.1) is 5.39 Å². The summed E-state index contributed by atoms with van der Waals surface area (Å²) in [5, 5.41) is 8.39. The highest BCUT2D eigenvalue weighted by Gasteiger charge is 2.26. The molecule has 1 fully saturated rings. The third-order valence-electron chi connectivity index (χ3n) is 4.03. The average molecular weight is 344 g/mol. The Kier molecular flexibility index (Phi) is 3.74. The molecule has 0 spiro atoms. The SMILES string of the molecule is CC(=O)NC1CCN(c2ncnc3scc(-c4cccs4)c23)C1. The van der Waals surface area contributed by atoms with Crippen molar-refractivity contribution in [2.45, 2.75) is 19.4 Å². The fourth-order valence-corrected chi connectivity index (χ4v) is 4.80. The monoisotopic (exact) mass is 344 g/mol. The summed E-state index contributed by atoms with van der Waals surface area (Å²) in [4.78, 5) is 24.8. The predicted molar refractivity (Wildman–Crippen MR) is 95.2 cm³/mol. The molecule has 0 aliphatic carbocycles. The van der Waals surface area contributed by atoms with Gasteiger partial charge in [0.2, 0.25) is 5.91 Å². The normalized spacial score (nSPS) is 17.8. The smallest absolute Gasteiger partial charge is 0.217 e. The van der Waals surface area contributed by atoms with Crippen molar-refractivity contribution in [1.82, 2.24) is 15.3 Å². The van der Waals surface area contributed by atoms with E-state index in [9.17, 15) is 4.79 Å². The van der Waals surface area contributed by atoms with Crippen LogP contribution in [0.2, 0.25) is 0 Å². The minimum atomic E-state index is 0.0273. The summed E-state index contributed by atoms with van der Waals surface area (Å²) in [5.41, 5.74) is 1.21. The number of hydrogen-bond donors (Lipinski definition) is 1. The van der Waals surface area contributed by atoms with Gasteiger partial charge < -0.3 is 10.2 Å². The quantitative estimate of drug-likeness (QED) is 0.793. The second-order valence-electron chi connectivity index (χ2n) is 5.64. The Labute approximate surface area is 142 Å². The minimum absolute atomic E-state index is 0.0273. The molecule has 7 heteroatoms. The molecule has 0 bridgehead atoms. The summed E-state index contributed by atoms with van der Waals surface area (Å²) >= 11 is 3.39. The molecule has 3 aromatic rings. The molecule has 118 valence electrons. The number of anilines is 1. The Morgan fingerprint density at radius 3 is 3.09 bits per heavy atom. The lowest BCUT2D eigenvalue weighted by atomic mass is 10.2. The van der Waals surface area contributed by atoms with Crippen molar-refractivity contribution in [1.29, 1.82) is 0 Å². The van der Waals surface area contributed by atoms with Gasteiger partial charge in [-0.05, 0) is 17.9 Å². The van der Waals surface area contributed by atoms with Crippen molar-refractivity contribution in [2.24, 2.45) is 0 Å². The number of carbonyl (C=O) groups excluding carboxylic acids is 1. The molecule has 23 heavy (non-hydrogen) atoms. The number of nitrogens with zero attached hydrogens (tertiary/aromatic N) is 3. The fraction of sp³-hybridized carbons (Fsp3) is 0.312. The predicted octanol–water partition coefficient (Wildman–Crippen LogP) is 3.13. The van der Waals surface area contributed by atoms with Crippen molar-refractivity contribution < 1.29 is 4.79 Å². The van der Waals surface area contributed by atoms with E-state index < -0.39 is 0 Å². The van der Waals surface area contributed by atoms with Gasteiger partial charge in [-0.25, -0.2) is 9.97 Å². The van der Waals surface area contributed by atoms with Crippen LogP contribution in [0.3, 0.4) is 0 Å². The van der Waals surface area contributed by atoms with Gasteiger partial charge in [-0.3, -0.25) is 4.79 Å². The molecular weight excluding hydrogens is 328 g/mol. The number of nitrogens with one attached hydrogen (secondary N) is 1. The maximum absolute atomic E-state index is 11.3. The number of rotatable bonds is 3. The molecule has 1 aliphatic heterocycles. The first-order valence-electron chi connectivity index (χ1n) is 7.50. The highest BCUT2D eigenvalue weighted by atomic mass is 32.1. The maximum atomic E-state index is 11.3. The van der Waals surface area contributed by atoms with Crippen molar-refractivity contribution >= 4 is 44.6 Å². The van der Waals surface area contributed by atoms with Crippen LogP contribution in [0.15, 0.2) is 29.2 Å². The van der Waals surface area contributed by atoms with Gasteiger partial charge in [-0.1, -0.05) is 6.07 Å². The number of hydrogen-bond acceptors (Lipinski definition) is 6. The number of fused-ring (bicyclic) bond motifs is 1. The van der Waals surface area contributed by atoms with Crippen molar-refractivity contribution in [2.75, 3.05) is 18.0 Å². The maximum Gasteiger partial charge on any atom is 0.217 e. The molecule has 0 radical (unpaired) electrons. The third-order valence-corrected chi connectivity index (χ3v) is 5.82. The van der Waals surface area contributed by atoms with E-state index in [1.54, 1.807) is 35.9 Å². The second-order valence-corrected chi connectivity index (χ2v) is 7.44. The van der Waals surface area contributed by atoms with Crippen LogP contribution in [0.25, 0.3) is 20.7 Å². The molecule has 1 amide bonds. The zero-order valence-electron chi connectivity index (χ0n) is 12.7. The molecule has 0 aromatic carbocycles. The third kappa shape index (κ3) is 2.70. The summed E-state index contributed by atoms with van der Waals surface area (Å²) in [6.45, 7) is 3.27. The van der Waals surface area contributed by atoms with Gasteiger partial charge in [0.15, 0.2) is 0 Å². The van der Waals surface area contributed by atoms with E-state index in [-0.39, 0.29) is 11.9 Å². The molecule has 4 heterocycles. The highest BCUT2D eigenvalue weighted by molar-refractivity contribution is 7.18. The molecule has 0 saturated carbocycles. The highest BCUT2D eigenvalue weighted by Crippen LogP contribution is 2.40. The van der Waals surface area contributed by atoms with Gasteiger partial charge in [-0.15, -0.1) is 22.7 Å². The van der Waals surface area contributed by atoms with Crippen molar-refractivity contribution in [3.05, 3.63) is 29.2 Å². The van der Waals surface area contributed by atoms with Crippen molar-refractivity contribution in [3.8, 4) is 10.4 Å². The molecule has 1 N–H and O–H groups in total. The van der Waals surface area contributed by atoms with Crippen LogP contribution in [0, 0.1) is 0 Å². The first kappa shape index (κ1) is 14.6. The Balaban J connectivity index is 1.73. The van der Waals surface area contributed by atoms with Crippen molar-refractivity contribution in [3.63, 3.8) is 0 Å². The number of aromatic nitrogens is 2. The number of amides is 1. The topological polar surface area (TPSA) is 58.1 Å². The van der Waals surface area contributed by atoms with E-state index in [4.69, 9.17) is 0 Å². The molecule has 1 saturated heterocycles. The van der Waals surface area contributed by atoms with Crippen LogP contribution < -0.4 is 10.2 Å². The summed E-state index contributed by atoms with van der Waals surface area (Å²) in [6.07, 6.45) is 2.58. The Morgan fingerprint density at radius 2 is 2.30 bits per heavy atom. The molecule has 1 atom stereocenters.